The SMILES string of the molecule is CC(C)(C)OC(=O)NC1CCN(C(=NC(=O)O)NC(=O)O)CC1. The van der Waals surface area contributed by atoms with Gasteiger partial charge in [-0.15, -0.1) is 4.99 Å². The van der Waals surface area contributed by atoms with Crippen molar-refractivity contribution in [2.45, 2.75) is 45.3 Å². The number of amides is 3. The number of likely N-dealkylation sites (tertiary alicyclic amines) is 1. The van der Waals surface area contributed by atoms with Crippen molar-refractivity contribution in [1.82, 2.24) is 15.5 Å². The molecule has 1 rings (SSSR count). The number of rotatable bonds is 1. The van der Waals surface area contributed by atoms with Gasteiger partial charge < -0.3 is 25.2 Å². The van der Waals surface area contributed by atoms with Crippen molar-refractivity contribution in [3.05, 3.63) is 0 Å². The van der Waals surface area contributed by atoms with Gasteiger partial charge in [0.1, 0.15) is 5.60 Å². The van der Waals surface area contributed by atoms with Crippen LogP contribution in [0.3, 0.4) is 0 Å². The van der Waals surface area contributed by atoms with Gasteiger partial charge in [0.15, 0.2) is 0 Å². The van der Waals surface area contributed by atoms with E-state index in [-0.39, 0.29) is 12.0 Å². The third-order valence-corrected chi connectivity index (χ3v) is 2.94. The molecule has 1 saturated heterocycles. The van der Waals surface area contributed by atoms with Gasteiger partial charge in [-0.1, -0.05) is 0 Å². The third-order valence-electron chi connectivity index (χ3n) is 2.94. The predicted octanol–water partition coefficient (Wildman–Crippen LogP) is 1.28. The fourth-order valence-electron chi connectivity index (χ4n) is 2.07. The van der Waals surface area contributed by atoms with E-state index >= 15 is 0 Å². The first-order chi connectivity index (χ1) is 10.6. The second kappa shape index (κ2) is 7.65. The van der Waals surface area contributed by atoms with Crippen LogP contribution < -0.4 is 10.6 Å². The number of carbonyl (C=O) groups is 3. The van der Waals surface area contributed by atoms with Crippen molar-refractivity contribution in [2.24, 2.45) is 4.99 Å². The molecular weight excluding hydrogens is 308 g/mol. The summed E-state index contributed by atoms with van der Waals surface area (Å²) in [6, 6.07) is -0.128. The molecule has 130 valence electrons. The van der Waals surface area contributed by atoms with Gasteiger partial charge in [0, 0.05) is 19.1 Å². The van der Waals surface area contributed by atoms with E-state index in [9.17, 15) is 14.4 Å². The molecule has 0 unspecified atom stereocenters. The molecule has 1 aliphatic rings. The molecule has 4 N–H and O–H groups in total. The smallest absolute Gasteiger partial charge is 0.434 e. The number of guanidine groups is 1. The summed E-state index contributed by atoms with van der Waals surface area (Å²) in [7, 11) is 0. The van der Waals surface area contributed by atoms with Gasteiger partial charge in [-0.25, -0.2) is 14.4 Å². The van der Waals surface area contributed by atoms with Crippen LogP contribution >= 0.6 is 0 Å². The summed E-state index contributed by atoms with van der Waals surface area (Å²) in [5, 5.41) is 22.1. The van der Waals surface area contributed by atoms with Gasteiger partial charge in [-0.05, 0) is 33.6 Å². The largest absolute Gasteiger partial charge is 0.465 e. The van der Waals surface area contributed by atoms with Crippen LogP contribution in [-0.4, -0.2) is 64.1 Å². The average molecular weight is 330 g/mol. The van der Waals surface area contributed by atoms with Crippen LogP contribution in [0.1, 0.15) is 33.6 Å². The quantitative estimate of drug-likeness (QED) is 0.419. The highest BCUT2D eigenvalue weighted by Gasteiger charge is 2.26. The highest BCUT2D eigenvalue weighted by molar-refractivity contribution is 5.97. The van der Waals surface area contributed by atoms with Gasteiger partial charge in [0.2, 0.25) is 5.96 Å². The van der Waals surface area contributed by atoms with E-state index in [1.54, 1.807) is 20.8 Å². The summed E-state index contributed by atoms with van der Waals surface area (Å²) >= 11 is 0. The fraction of sp³-hybridized carbons (Fsp3) is 0.692. The number of ether oxygens (including phenoxy) is 1. The molecular formula is C13H22N4O6. The standard InChI is InChI=1S/C13H22N4O6/c1-13(2,3)23-12(22)14-8-4-6-17(7-5-8)9(15-10(18)19)16-11(20)21/h8H,4-7H2,1-3H3,(H,14,22)(H,15,16)(H,18,19)(H,20,21). The first-order valence-electron chi connectivity index (χ1n) is 7.13. The molecule has 0 aromatic heterocycles. The molecule has 0 bridgehead atoms. The van der Waals surface area contributed by atoms with Crippen LogP contribution in [0, 0.1) is 0 Å². The second-order valence-electron chi connectivity index (χ2n) is 6.06. The van der Waals surface area contributed by atoms with E-state index in [4.69, 9.17) is 14.9 Å². The number of carbonyl (C=O) groups excluding carboxylic acids is 1. The molecule has 0 atom stereocenters. The lowest BCUT2D eigenvalue weighted by molar-refractivity contribution is 0.0488. The highest BCUT2D eigenvalue weighted by Crippen LogP contribution is 2.12. The van der Waals surface area contributed by atoms with Gasteiger partial charge in [0.05, 0.1) is 0 Å². The predicted molar refractivity (Wildman–Crippen MR) is 80.6 cm³/mol. The Labute approximate surface area is 133 Å². The number of alkyl carbamates (subject to hydrolysis) is 1. The second-order valence-corrected chi connectivity index (χ2v) is 6.06. The number of carboxylic acid groups (broad SMARTS) is 2. The molecule has 10 heteroatoms. The molecule has 1 fully saturated rings. The average Bonchev–Trinajstić information content (AvgIpc) is 2.35. The van der Waals surface area contributed by atoms with Gasteiger partial charge in [0.25, 0.3) is 0 Å². The zero-order valence-corrected chi connectivity index (χ0v) is 13.3. The Morgan fingerprint density at radius 2 is 1.74 bits per heavy atom. The molecule has 3 amide bonds. The van der Waals surface area contributed by atoms with Crippen LogP contribution in [0.15, 0.2) is 4.99 Å². The molecule has 23 heavy (non-hydrogen) atoms. The number of nitrogens with zero attached hydrogens (tertiary/aromatic N) is 2. The van der Waals surface area contributed by atoms with Crippen molar-refractivity contribution in [3.8, 4) is 0 Å². The molecule has 1 heterocycles. The molecule has 1 aliphatic heterocycles. The number of hydrogen-bond acceptors (Lipinski definition) is 4. The summed E-state index contributed by atoms with van der Waals surface area (Å²) in [6.45, 7) is 6.00. The third kappa shape index (κ3) is 7.34. The van der Waals surface area contributed by atoms with Crippen LogP contribution in [0.2, 0.25) is 0 Å². The number of hydrogen-bond donors (Lipinski definition) is 4. The Hall–Kier alpha value is -2.52. The Morgan fingerprint density at radius 1 is 1.17 bits per heavy atom. The van der Waals surface area contributed by atoms with Gasteiger partial charge >= 0.3 is 18.3 Å². The lowest BCUT2D eigenvalue weighted by Gasteiger charge is -2.34. The molecule has 10 nitrogen and oxygen atoms in total. The molecule has 0 radical (unpaired) electrons. The van der Waals surface area contributed by atoms with E-state index in [2.05, 4.69) is 10.3 Å². The highest BCUT2D eigenvalue weighted by atomic mass is 16.6. The van der Waals surface area contributed by atoms with E-state index in [0.29, 0.717) is 25.9 Å². The zero-order chi connectivity index (χ0) is 17.6. The molecule has 0 aliphatic carbocycles. The van der Waals surface area contributed by atoms with Gasteiger partial charge in [-0.3, -0.25) is 5.32 Å². The zero-order valence-electron chi connectivity index (χ0n) is 13.3. The Morgan fingerprint density at radius 3 is 2.17 bits per heavy atom. The molecule has 0 aromatic rings. The summed E-state index contributed by atoms with van der Waals surface area (Å²) in [5.74, 6) is -0.235. The van der Waals surface area contributed by atoms with Crippen molar-refractivity contribution in [1.29, 1.82) is 0 Å². The van der Waals surface area contributed by atoms with Crippen LogP contribution in [0.25, 0.3) is 0 Å². The first kappa shape index (κ1) is 18.5. The minimum atomic E-state index is -1.48. The van der Waals surface area contributed by atoms with Crippen LogP contribution in [-0.2, 0) is 4.74 Å². The minimum Gasteiger partial charge on any atom is -0.465 e. The minimum absolute atomic E-state index is 0.128. The Bertz CT molecular complexity index is 491. The molecule has 0 aromatic carbocycles. The maximum Gasteiger partial charge on any atom is 0.434 e. The van der Waals surface area contributed by atoms with E-state index < -0.39 is 23.9 Å². The normalized spacial score (nSPS) is 16.7. The summed E-state index contributed by atoms with van der Waals surface area (Å²) in [5.41, 5.74) is -0.586. The maximum atomic E-state index is 11.7. The number of aliphatic imine (C=N–C) groups is 1. The lowest BCUT2D eigenvalue weighted by atomic mass is 10.1. The van der Waals surface area contributed by atoms with Gasteiger partial charge in [-0.2, -0.15) is 0 Å². The van der Waals surface area contributed by atoms with Crippen LogP contribution in [0.5, 0.6) is 0 Å². The van der Waals surface area contributed by atoms with Crippen molar-refractivity contribution >= 4 is 24.2 Å². The monoisotopic (exact) mass is 330 g/mol. The first-order valence-corrected chi connectivity index (χ1v) is 7.13. The maximum absolute atomic E-state index is 11.7. The van der Waals surface area contributed by atoms with Crippen molar-refractivity contribution < 1.29 is 29.3 Å². The Balaban J connectivity index is 2.55. The van der Waals surface area contributed by atoms with E-state index in [1.807, 2.05) is 5.32 Å². The molecule has 0 spiro atoms. The van der Waals surface area contributed by atoms with E-state index in [1.165, 1.54) is 4.90 Å². The summed E-state index contributed by atoms with van der Waals surface area (Å²) in [6.07, 6.45) is -2.36. The number of piperidine rings is 1. The van der Waals surface area contributed by atoms with Crippen molar-refractivity contribution in [2.75, 3.05) is 13.1 Å². The fourth-order valence-corrected chi connectivity index (χ4v) is 2.07. The lowest BCUT2D eigenvalue weighted by Crippen LogP contribution is -2.51. The van der Waals surface area contributed by atoms with Crippen molar-refractivity contribution in [3.63, 3.8) is 0 Å². The van der Waals surface area contributed by atoms with E-state index in [0.717, 1.165) is 0 Å². The Kier molecular flexibility index (Phi) is 6.17. The molecule has 0 saturated carbocycles. The topological polar surface area (TPSA) is 141 Å². The summed E-state index contributed by atoms with van der Waals surface area (Å²) < 4.78 is 5.16. The van der Waals surface area contributed by atoms with Crippen LogP contribution in [0.4, 0.5) is 14.4 Å². The number of nitrogens with one attached hydrogen (secondary N) is 2. The summed E-state index contributed by atoms with van der Waals surface area (Å²) in [4.78, 5) is 37.8.